The molecule has 1 atom stereocenters. The molecule has 2 nitrogen and oxygen atoms in total. The molecule has 0 heterocycles. The van der Waals surface area contributed by atoms with Gasteiger partial charge in [0.2, 0.25) is 0 Å². The first kappa shape index (κ1) is 13.9. The Labute approximate surface area is 106 Å². The fraction of sp³-hybridized carbons (Fsp3) is 0.600. The third-order valence-electron chi connectivity index (χ3n) is 3.15. The first-order chi connectivity index (χ1) is 8.17. The molecule has 1 rings (SSSR count). The molecule has 96 valence electrons. The van der Waals surface area contributed by atoms with Crippen LogP contribution in [0.2, 0.25) is 0 Å². The van der Waals surface area contributed by atoms with Crippen LogP contribution >= 0.6 is 0 Å². The number of benzene rings is 1. The smallest absolute Gasteiger partial charge is 0.0373 e. The van der Waals surface area contributed by atoms with Crippen molar-refractivity contribution in [3.63, 3.8) is 0 Å². The average Bonchev–Trinajstić information content (AvgIpc) is 2.29. The highest BCUT2D eigenvalue weighted by Gasteiger charge is 2.08. The standard InChI is InChI=1S/C15H26N2/c1-4-6-8-14(7-5-2)17-15-10-9-13(16)11-12(15)3/h9-11,14,17H,4-8,16H2,1-3H3. The monoisotopic (exact) mass is 234 g/mol. The first-order valence-corrected chi connectivity index (χ1v) is 6.80. The summed E-state index contributed by atoms with van der Waals surface area (Å²) < 4.78 is 0. The van der Waals surface area contributed by atoms with Gasteiger partial charge in [-0.3, -0.25) is 0 Å². The molecule has 3 N–H and O–H groups in total. The van der Waals surface area contributed by atoms with Gasteiger partial charge in [0.25, 0.3) is 0 Å². The molecule has 17 heavy (non-hydrogen) atoms. The SMILES string of the molecule is CCCCC(CCC)Nc1ccc(N)cc1C. The van der Waals surface area contributed by atoms with Gasteiger partial charge in [-0.2, -0.15) is 0 Å². The molecule has 1 aromatic carbocycles. The molecule has 0 radical (unpaired) electrons. The molecular formula is C15H26N2. The van der Waals surface area contributed by atoms with Crippen molar-refractivity contribution in [2.75, 3.05) is 11.1 Å². The highest BCUT2D eigenvalue weighted by molar-refractivity contribution is 5.57. The van der Waals surface area contributed by atoms with Crippen LogP contribution in [0.1, 0.15) is 51.5 Å². The predicted octanol–water partition coefficient (Wildman–Crippen LogP) is 4.35. The van der Waals surface area contributed by atoms with Gasteiger partial charge in [-0.25, -0.2) is 0 Å². The van der Waals surface area contributed by atoms with Crippen LogP contribution in [-0.2, 0) is 0 Å². The fourth-order valence-corrected chi connectivity index (χ4v) is 2.16. The molecule has 0 saturated heterocycles. The Morgan fingerprint density at radius 3 is 2.53 bits per heavy atom. The van der Waals surface area contributed by atoms with E-state index < -0.39 is 0 Å². The number of aryl methyl sites for hydroxylation is 1. The molecule has 1 aromatic rings. The topological polar surface area (TPSA) is 38.0 Å². The zero-order valence-corrected chi connectivity index (χ0v) is 11.4. The van der Waals surface area contributed by atoms with E-state index in [0.717, 1.165) is 5.69 Å². The summed E-state index contributed by atoms with van der Waals surface area (Å²) >= 11 is 0. The Morgan fingerprint density at radius 2 is 1.94 bits per heavy atom. The maximum atomic E-state index is 5.77. The lowest BCUT2D eigenvalue weighted by atomic mass is 10.0. The number of unbranched alkanes of at least 4 members (excludes halogenated alkanes) is 1. The molecule has 1 unspecified atom stereocenters. The van der Waals surface area contributed by atoms with Gasteiger partial charge < -0.3 is 11.1 Å². The lowest BCUT2D eigenvalue weighted by Gasteiger charge is -2.20. The molecule has 0 amide bonds. The number of nitrogens with one attached hydrogen (secondary N) is 1. The third-order valence-corrected chi connectivity index (χ3v) is 3.15. The molecular weight excluding hydrogens is 208 g/mol. The second-order valence-electron chi connectivity index (χ2n) is 4.85. The highest BCUT2D eigenvalue weighted by atomic mass is 14.9. The summed E-state index contributed by atoms with van der Waals surface area (Å²) in [7, 11) is 0. The van der Waals surface area contributed by atoms with Crippen molar-refractivity contribution in [1.29, 1.82) is 0 Å². The number of nitrogens with two attached hydrogens (primary N) is 1. The summed E-state index contributed by atoms with van der Waals surface area (Å²) in [5, 5.41) is 3.65. The molecule has 0 spiro atoms. The number of hydrogen-bond donors (Lipinski definition) is 2. The van der Waals surface area contributed by atoms with E-state index in [4.69, 9.17) is 5.73 Å². The van der Waals surface area contributed by atoms with E-state index >= 15 is 0 Å². The van der Waals surface area contributed by atoms with Crippen molar-refractivity contribution in [2.45, 2.75) is 58.9 Å². The van der Waals surface area contributed by atoms with Crippen LogP contribution in [0.3, 0.4) is 0 Å². The van der Waals surface area contributed by atoms with E-state index in [9.17, 15) is 0 Å². The Kier molecular flexibility index (Phi) is 5.88. The molecule has 0 aliphatic carbocycles. The van der Waals surface area contributed by atoms with E-state index in [2.05, 4.69) is 32.2 Å². The predicted molar refractivity (Wildman–Crippen MR) is 77.4 cm³/mol. The number of rotatable bonds is 7. The van der Waals surface area contributed by atoms with Crippen LogP contribution in [0.25, 0.3) is 0 Å². The Morgan fingerprint density at radius 1 is 1.18 bits per heavy atom. The van der Waals surface area contributed by atoms with E-state index in [1.54, 1.807) is 0 Å². The molecule has 0 saturated carbocycles. The second kappa shape index (κ2) is 7.21. The maximum absolute atomic E-state index is 5.77. The Balaban J connectivity index is 2.64. The van der Waals surface area contributed by atoms with Crippen molar-refractivity contribution in [1.82, 2.24) is 0 Å². The van der Waals surface area contributed by atoms with Gasteiger partial charge in [0.05, 0.1) is 0 Å². The first-order valence-electron chi connectivity index (χ1n) is 6.80. The third kappa shape index (κ3) is 4.68. The van der Waals surface area contributed by atoms with E-state index in [-0.39, 0.29) is 0 Å². The van der Waals surface area contributed by atoms with E-state index in [1.807, 2.05) is 12.1 Å². The minimum atomic E-state index is 0.599. The van der Waals surface area contributed by atoms with Gasteiger partial charge in [-0.15, -0.1) is 0 Å². The van der Waals surface area contributed by atoms with Gasteiger partial charge in [-0.05, 0) is 43.5 Å². The number of nitrogen functional groups attached to an aromatic ring is 1. The summed E-state index contributed by atoms with van der Waals surface area (Å²) in [6, 6.07) is 6.70. The van der Waals surface area contributed by atoms with E-state index in [1.165, 1.54) is 43.4 Å². The van der Waals surface area contributed by atoms with Crippen molar-refractivity contribution in [3.05, 3.63) is 23.8 Å². The molecule has 0 fully saturated rings. The van der Waals surface area contributed by atoms with Crippen LogP contribution in [0.5, 0.6) is 0 Å². The normalized spacial score (nSPS) is 12.4. The summed E-state index contributed by atoms with van der Waals surface area (Å²) in [6.45, 7) is 6.61. The van der Waals surface area contributed by atoms with Crippen LogP contribution < -0.4 is 11.1 Å². The number of hydrogen-bond acceptors (Lipinski definition) is 2. The molecule has 0 aliphatic heterocycles. The maximum Gasteiger partial charge on any atom is 0.0373 e. The van der Waals surface area contributed by atoms with E-state index in [0.29, 0.717) is 6.04 Å². The quantitative estimate of drug-likeness (QED) is 0.688. The zero-order chi connectivity index (χ0) is 12.7. The molecule has 0 aliphatic rings. The van der Waals surface area contributed by atoms with Crippen LogP contribution in [-0.4, -0.2) is 6.04 Å². The second-order valence-corrected chi connectivity index (χ2v) is 4.85. The lowest BCUT2D eigenvalue weighted by molar-refractivity contribution is 0.564. The van der Waals surface area contributed by atoms with Crippen molar-refractivity contribution in [2.24, 2.45) is 0 Å². The molecule has 0 aromatic heterocycles. The summed E-state index contributed by atoms with van der Waals surface area (Å²) in [5.74, 6) is 0. The van der Waals surface area contributed by atoms with Crippen LogP contribution in [0.15, 0.2) is 18.2 Å². The summed E-state index contributed by atoms with van der Waals surface area (Å²) in [6.07, 6.45) is 6.29. The Hall–Kier alpha value is -1.18. The summed E-state index contributed by atoms with van der Waals surface area (Å²) in [5.41, 5.74) is 9.08. The minimum absolute atomic E-state index is 0.599. The largest absolute Gasteiger partial charge is 0.399 e. The van der Waals surface area contributed by atoms with Crippen molar-refractivity contribution < 1.29 is 0 Å². The van der Waals surface area contributed by atoms with Gasteiger partial charge >= 0.3 is 0 Å². The summed E-state index contributed by atoms with van der Waals surface area (Å²) in [4.78, 5) is 0. The van der Waals surface area contributed by atoms with Crippen molar-refractivity contribution in [3.8, 4) is 0 Å². The van der Waals surface area contributed by atoms with Gasteiger partial charge in [0.15, 0.2) is 0 Å². The average molecular weight is 234 g/mol. The highest BCUT2D eigenvalue weighted by Crippen LogP contribution is 2.21. The molecule has 2 heteroatoms. The van der Waals surface area contributed by atoms with Gasteiger partial charge in [0.1, 0.15) is 0 Å². The lowest BCUT2D eigenvalue weighted by Crippen LogP contribution is -2.19. The zero-order valence-electron chi connectivity index (χ0n) is 11.4. The fourth-order valence-electron chi connectivity index (χ4n) is 2.16. The number of anilines is 2. The van der Waals surface area contributed by atoms with Crippen LogP contribution in [0, 0.1) is 6.92 Å². The van der Waals surface area contributed by atoms with Gasteiger partial charge in [-0.1, -0.05) is 33.1 Å². The van der Waals surface area contributed by atoms with Gasteiger partial charge in [0, 0.05) is 17.4 Å². The van der Waals surface area contributed by atoms with Crippen molar-refractivity contribution >= 4 is 11.4 Å². The molecule has 0 bridgehead atoms. The van der Waals surface area contributed by atoms with Crippen LogP contribution in [0.4, 0.5) is 11.4 Å². The Bertz CT molecular complexity index is 334. The minimum Gasteiger partial charge on any atom is -0.399 e.